The summed E-state index contributed by atoms with van der Waals surface area (Å²) in [6, 6.07) is 6.43. The molecule has 3 heterocycles. The van der Waals surface area contributed by atoms with Crippen LogP contribution in [0.25, 0.3) is 16.8 Å². The van der Waals surface area contributed by atoms with Crippen molar-refractivity contribution in [3.8, 4) is 11.1 Å². The predicted molar refractivity (Wildman–Crippen MR) is 105 cm³/mol. The first kappa shape index (κ1) is 21.0. The molecule has 5 rings (SSSR count). The SMILES string of the molecule is FC(F)(F)c1cccc(-c2ccc(C(F)(F)F)n3nc(NC4C5CCC4CNC5)nc23)c1. The number of halogens is 6. The highest BCUT2D eigenvalue weighted by molar-refractivity contribution is 5.78. The maximum absolute atomic E-state index is 13.6. The third kappa shape index (κ3) is 3.68. The smallest absolute Gasteiger partial charge is 0.350 e. The van der Waals surface area contributed by atoms with Crippen molar-refractivity contribution in [1.29, 1.82) is 0 Å². The largest absolute Gasteiger partial charge is 0.433 e. The standard InChI is InChI=1S/C21H19F6N5/c22-20(23,24)14-3-1-2-11(8-14)15-6-7-16(21(25,26)27)32-18(15)30-19(31-32)29-17-12-4-5-13(17)10-28-9-12/h1-3,6-8,12-13,17,28H,4-5,9-10H2,(H,29,31). The molecule has 2 fully saturated rings. The van der Waals surface area contributed by atoms with Gasteiger partial charge in [-0.3, -0.25) is 0 Å². The molecule has 0 spiro atoms. The van der Waals surface area contributed by atoms with E-state index in [-0.39, 0.29) is 28.8 Å². The molecule has 2 bridgehead atoms. The molecule has 1 aliphatic carbocycles. The van der Waals surface area contributed by atoms with Crippen LogP contribution in [-0.4, -0.2) is 33.7 Å². The molecule has 0 amide bonds. The Hall–Kier alpha value is -2.82. The van der Waals surface area contributed by atoms with Crippen molar-refractivity contribution in [2.45, 2.75) is 31.2 Å². The van der Waals surface area contributed by atoms with Crippen molar-refractivity contribution in [1.82, 2.24) is 19.9 Å². The van der Waals surface area contributed by atoms with Gasteiger partial charge in [0, 0.05) is 11.6 Å². The number of anilines is 1. The predicted octanol–water partition coefficient (Wildman–Crippen LogP) is 4.84. The van der Waals surface area contributed by atoms with Gasteiger partial charge in [0.15, 0.2) is 5.65 Å². The molecule has 1 saturated heterocycles. The van der Waals surface area contributed by atoms with Crippen LogP contribution in [0.1, 0.15) is 24.1 Å². The lowest BCUT2D eigenvalue weighted by molar-refractivity contribution is -0.142. The zero-order valence-electron chi connectivity index (χ0n) is 16.6. The van der Waals surface area contributed by atoms with Gasteiger partial charge in [-0.15, -0.1) is 5.10 Å². The van der Waals surface area contributed by atoms with Gasteiger partial charge in [-0.25, -0.2) is 4.52 Å². The van der Waals surface area contributed by atoms with E-state index < -0.39 is 23.6 Å². The number of hydrogen-bond donors (Lipinski definition) is 2. The summed E-state index contributed by atoms with van der Waals surface area (Å²) in [5.41, 5.74) is -1.84. The Kier molecular flexibility index (Phi) is 4.84. The van der Waals surface area contributed by atoms with Crippen LogP contribution in [-0.2, 0) is 12.4 Å². The lowest BCUT2D eigenvalue weighted by Crippen LogP contribution is -2.45. The van der Waals surface area contributed by atoms with Crippen LogP contribution in [0, 0.1) is 11.8 Å². The molecule has 2 aromatic heterocycles. The lowest BCUT2D eigenvalue weighted by atomic mass is 9.94. The van der Waals surface area contributed by atoms with Crippen LogP contribution in [0.3, 0.4) is 0 Å². The van der Waals surface area contributed by atoms with Crippen molar-refractivity contribution in [2.24, 2.45) is 11.8 Å². The van der Waals surface area contributed by atoms with Gasteiger partial charge in [-0.1, -0.05) is 12.1 Å². The average Bonchev–Trinajstić information content (AvgIpc) is 3.22. The minimum atomic E-state index is -4.71. The molecule has 1 aromatic carbocycles. The Balaban J connectivity index is 1.60. The Bertz CT molecular complexity index is 1140. The quantitative estimate of drug-likeness (QED) is 0.555. The molecule has 2 N–H and O–H groups in total. The Morgan fingerprint density at radius 2 is 1.66 bits per heavy atom. The molecular formula is C21H19F6N5. The summed E-state index contributed by atoms with van der Waals surface area (Å²) in [6.45, 7) is 1.62. The van der Waals surface area contributed by atoms with E-state index in [0.717, 1.165) is 50.2 Å². The van der Waals surface area contributed by atoms with E-state index in [2.05, 4.69) is 20.7 Å². The summed E-state index contributed by atoms with van der Waals surface area (Å²) < 4.78 is 81.0. The zero-order valence-corrected chi connectivity index (χ0v) is 16.6. The second-order valence-corrected chi connectivity index (χ2v) is 8.31. The summed E-state index contributed by atoms with van der Waals surface area (Å²) >= 11 is 0. The van der Waals surface area contributed by atoms with Crippen molar-refractivity contribution < 1.29 is 26.3 Å². The summed E-state index contributed by atoms with van der Waals surface area (Å²) in [5.74, 6) is 0.689. The third-order valence-electron chi connectivity index (χ3n) is 6.31. The molecule has 3 aromatic rings. The van der Waals surface area contributed by atoms with Crippen LogP contribution >= 0.6 is 0 Å². The summed E-state index contributed by atoms with van der Waals surface area (Å²) in [4.78, 5) is 4.28. The van der Waals surface area contributed by atoms with Gasteiger partial charge in [-0.05, 0) is 67.6 Å². The fourth-order valence-corrected chi connectivity index (χ4v) is 4.80. The van der Waals surface area contributed by atoms with E-state index in [1.807, 2.05) is 0 Å². The van der Waals surface area contributed by atoms with Crippen LogP contribution in [0.5, 0.6) is 0 Å². The number of aromatic nitrogens is 3. The Morgan fingerprint density at radius 3 is 2.31 bits per heavy atom. The minimum Gasteiger partial charge on any atom is -0.350 e. The topological polar surface area (TPSA) is 54.2 Å². The number of fused-ring (bicyclic) bond motifs is 3. The molecule has 11 heteroatoms. The molecule has 2 aliphatic rings. The average molecular weight is 455 g/mol. The fraction of sp³-hybridized carbons (Fsp3) is 0.429. The number of nitrogens with one attached hydrogen (secondary N) is 2. The van der Waals surface area contributed by atoms with E-state index >= 15 is 0 Å². The van der Waals surface area contributed by atoms with Crippen LogP contribution in [0.4, 0.5) is 32.3 Å². The number of hydrogen-bond acceptors (Lipinski definition) is 4. The molecule has 5 nitrogen and oxygen atoms in total. The van der Waals surface area contributed by atoms with Crippen LogP contribution in [0.2, 0.25) is 0 Å². The van der Waals surface area contributed by atoms with E-state index in [4.69, 9.17) is 0 Å². The van der Waals surface area contributed by atoms with Crippen LogP contribution < -0.4 is 10.6 Å². The van der Waals surface area contributed by atoms with Gasteiger partial charge in [0.1, 0.15) is 5.69 Å². The van der Waals surface area contributed by atoms with E-state index in [1.165, 1.54) is 12.1 Å². The van der Waals surface area contributed by atoms with Crippen LogP contribution in [0.15, 0.2) is 36.4 Å². The highest BCUT2D eigenvalue weighted by Crippen LogP contribution is 2.38. The van der Waals surface area contributed by atoms with Gasteiger partial charge < -0.3 is 10.6 Å². The van der Waals surface area contributed by atoms with Crippen molar-refractivity contribution in [2.75, 3.05) is 18.4 Å². The number of alkyl halides is 6. The minimum absolute atomic E-state index is 0.0405. The molecular weight excluding hydrogens is 436 g/mol. The number of nitrogens with zero attached hydrogens (tertiary/aromatic N) is 3. The van der Waals surface area contributed by atoms with Crippen molar-refractivity contribution in [3.63, 3.8) is 0 Å². The van der Waals surface area contributed by atoms with Crippen molar-refractivity contribution >= 4 is 11.6 Å². The molecule has 0 radical (unpaired) electrons. The van der Waals surface area contributed by atoms with Gasteiger partial charge >= 0.3 is 12.4 Å². The highest BCUT2D eigenvalue weighted by atomic mass is 19.4. The summed E-state index contributed by atoms with van der Waals surface area (Å²) in [5, 5.41) is 10.6. The third-order valence-corrected chi connectivity index (χ3v) is 6.31. The van der Waals surface area contributed by atoms with E-state index in [0.29, 0.717) is 16.4 Å². The lowest BCUT2D eigenvalue weighted by Gasteiger charge is -2.30. The fourth-order valence-electron chi connectivity index (χ4n) is 4.80. The molecule has 2 unspecified atom stereocenters. The number of rotatable bonds is 3. The molecule has 170 valence electrons. The zero-order chi connectivity index (χ0) is 22.7. The molecule has 1 saturated carbocycles. The molecule has 1 aliphatic heterocycles. The number of pyridine rings is 1. The van der Waals surface area contributed by atoms with Gasteiger partial charge in [0.05, 0.1) is 5.56 Å². The van der Waals surface area contributed by atoms with Gasteiger partial charge in [0.2, 0.25) is 5.95 Å². The Labute approximate surface area is 178 Å². The monoisotopic (exact) mass is 455 g/mol. The molecule has 32 heavy (non-hydrogen) atoms. The normalized spacial score (nSPS) is 23.6. The maximum Gasteiger partial charge on any atom is 0.433 e. The first-order valence-corrected chi connectivity index (χ1v) is 10.2. The highest BCUT2D eigenvalue weighted by Gasteiger charge is 2.40. The first-order chi connectivity index (χ1) is 15.1. The van der Waals surface area contributed by atoms with Gasteiger partial charge in [-0.2, -0.15) is 31.3 Å². The number of benzene rings is 1. The number of piperidine rings is 1. The summed E-state index contributed by atoms with van der Waals surface area (Å²) in [6.07, 6.45) is -7.27. The Morgan fingerprint density at radius 1 is 0.938 bits per heavy atom. The first-order valence-electron chi connectivity index (χ1n) is 10.2. The molecule has 2 atom stereocenters. The second-order valence-electron chi connectivity index (χ2n) is 8.31. The summed E-state index contributed by atoms with van der Waals surface area (Å²) in [7, 11) is 0. The maximum atomic E-state index is 13.6. The van der Waals surface area contributed by atoms with E-state index in [9.17, 15) is 26.3 Å². The van der Waals surface area contributed by atoms with Crippen molar-refractivity contribution in [3.05, 3.63) is 47.7 Å². The second kappa shape index (κ2) is 7.36. The van der Waals surface area contributed by atoms with E-state index in [1.54, 1.807) is 0 Å². The van der Waals surface area contributed by atoms with Gasteiger partial charge in [0.25, 0.3) is 0 Å².